The van der Waals surface area contributed by atoms with Gasteiger partial charge in [0.15, 0.2) is 0 Å². The quantitative estimate of drug-likeness (QED) is 0.166. The van der Waals surface area contributed by atoms with Crippen LogP contribution in [0, 0.1) is 19.8 Å². The van der Waals surface area contributed by atoms with Gasteiger partial charge in [-0.25, -0.2) is 0 Å². The van der Waals surface area contributed by atoms with Crippen LogP contribution in [-0.4, -0.2) is 0 Å². The average molecular weight is 818 g/mol. The van der Waals surface area contributed by atoms with Gasteiger partial charge in [0.05, 0.1) is 0 Å². The molecule has 1 heterocycles. The number of fused-ring (bicyclic) bond motifs is 6. The maximum Gasteiger partial charge on any atom is 0.134 e. The molecule has 0 amide bonds. The van der Waals surface area contributed by atoms with Gasteiger partial charge in [0, 0.05) is 39.3 Å². The van der Waals surface area contributed by atoms with Gasteiger partial charge in [-0.1, -0.05) is 166 Å². The van der Waals surface area contributed by atoms with Gasteiger partial charge in [-0.15, -0.1) is 0 Å². The molecule has 0 saturated carbocycles. The highest BCUT2D eigenvalue weighted by Gasteiger charge is 2.36. The Bertz CT molecular complexity index is 3080. The number of aryl methyl sites for hydroxylation is 2. The van der Waals surface area contributed by atoms with E-state index in [1.54, 1.807) is 0 Å². The predicted molar refractivity (Wildman–Crippen MR) is 267 cm³/mol. The lowest BCUT2D eigenvalue weighted by molar-refractivity contribution is 0.517. The number of allylic oxidation sites excluding steroid dienone is 5. The fourth-order valence-corrected chi connectivity index (χ4v) is 10.2. The van der Waals surface area contributed by atoms with Crippen molar-refractivity contribution < 1.29 is 4.42 Å². The van der Waals surface area contributed by atoms with E-state index in [9.17, 15) is 0 Å². The predicted octanol–water partition coefficient (Wildman–Crippen LogP) is 17.2. The number of hydrogen-bond donors (Lipinski definition) is 0. The summed E-state index contributed by atoms with van der Waals surface area (Å²) < 4.78 is 6.49. The van der Waals surface area contributed by atoms with E-state index in [0.29, 0.717) is 0 Å². The van der Waals surface area contributed by atoms with Gasteiger partial charge in [0.25, 0.3) is 0 Å². The molecular weight excluding hydrogens is 763 g/mol. The summed E-state index contributed by atoms with van der Waals surface area (Å²) in [5, 5.41) is 1.18. The van der Waals surface area contributed by atoms with E-state index in [1.807, 2.05) is 6.07 Å². The van der Waals surface area contributed by atoms with E-state index in [2.05, 4.69) is 228 Å². The van der Waals surface area contributed by atoms with Crippen molar-refractivity contribution in [2.75, 3.05) is 4.90 Å². The summed E-state index contributed by atoms with van der Waals surface area (Å²) >= 11 is 0. The fraction of sp³-hybridized carbons (Fsp3) is 0.180. The minimum absolute atomic E-state index is 0.0969. The van der Waals surface area contributed by atoms with Gasteiger partial charge in [0.1, 0.15) is 11.3 Å². The number of nitrogens with zero attached hydrogens (tertiary/aromatic N) is 1. The van der Waals surface area contributed by atoms with Crippen molar-refractivity contribution in [2.24, 2.45) is 5.92 Å². The normalized spacial score (nSPS) is 16.7. The molecule has 0 radical (unpaired) electrons. The number of rotatable bonds is 6. The van der Waals surface area contributed by atoms with Crippen LogP contribution in [0.25, 0.3) is 50.4 Å². The smallest absolute Gasteiger partial charge is 0.134 e. The van der Waals surface area contributed by atoms with Crippen LogP contribution >= 0.6 is 0 Å². The Morgan fingerprint density at radius 3 is 1.92 bits per heavy atom. The Labute approximate surface area is 373 Å². The first-order valence-corrected chi connectivity index (χ1v) is 22.6. The molecule has 11 rings (SSSR count). The summed E-state index contributed by atoms with van der Waals surface area (Å²) in [5.41, 5.74) is 21.1. The second-order valence-corrected chi connectivity index (χ2v) is 18.3. The van der Waals surface area contributed by atoms with Crippen LogP contribution in [-0.2, 0) is 5.41 Å². The Balaban J connectivity index is 0.000000533. The van der Waals surface area contributed by atoms with Crippen molar-refractivity contribution in [2.45, 2.75) is 65.7 Å². The van der Waals surface area contributed by atoms with Crippen LogP contribution in [0.1, 0.15) is 85.6 Å². The highest BCUT2D eigenvalue weighted by Crippen LogP contribution is 2.51. The molecule has 3 aliphatic carbocycles. The van der Waals surface area contributed by atoms with Gasteiger partial charge in [-0.05, 0) is 149 Å². The molecule has 63 heavy (non-hydrogen) atoms. The molecule has 0 fully saturated rings. The lowest BCUT2D eigenvalue weighted by Gasteiger charge is -2.29. The molecular formula is C61H55NO. The third kappa shape index (κ3) is 7.48. The van der Waals surface area contributed by atoms with E-state index in [4.69, 9.17) is 4.42 Å². The van der Waals surface area contributed by atoms with Crippen LogP contribution < -0.4 is 4.90 Å². The Morgan fingerprint density at radius 1 is 0.540 bits per heavy atom. The minimum atomic E-state index is -0.0969. The molecule has 0 spiro atoms. The molecule has 2 unspecified atom stereocenters. The van der Waals surface area contributed by atoms with Crippen LogP contribution in [0.2, 0.25) is 0 Å². The van der Waals surface area contributed by atoms with Crippen molar-refractivity contribution >= 4 is 34.1 Å². The maximum atomic E-state index is 6.49. The number of benzene rings is 7. The molecule has 0 N–H and O–H groups in total. The summed E-state index contributed by atoms with van der Waals surface area (Å²) in [6.45, 7) is 13.5. The fourth-order valence-electron chi connectivity index (χ4n) is 10.2. The monoisotopic (exact) mass is 817 g/mol. The average Bonchev–Trinajstić information content (AvgIpc) is 3.79. The zero-order valence-corrected chi connectivity index (χ0v) is 37.3. The van der Waals surface area contributed by atoms with Gasteiger partial charge in [-0.3, -0.25) is 0 Å². The molecule has 310 valence electrons. The number of furan rings is 1. The Kier molecular flexibility index (Phi) is 10.5. The second-order valence-electron chi connectivity index (χ2n) is 18.3. The van der Waals surface area contributed by atoms with Gasteiger partial charge in [-0.2, -0.15) is 0 Å². The molecule has 0 saturated heterocycles. The zero-order chi connectivity index (χ0) is 43.2. The van der Waals surface area contributed by atoms with Crippen molar-refractivity contribution in [1.82, 2.24) is 0 Å². The molecule has 8 aromatic rings. The van der Waals surface area contributed by atoms with Crippen molar-refractivity contribution in [3.05, 3.63) is 227 Å². The summed E-state index contributed by atoms with van der Waals surface area (Å²) in [6, 6.07) is 58.0. The molecule has 2 nitrogen and oxygen atoms in total. The Hall–Kier alpha value is -6.90. The first-order valence-electron chi connectivity index (χ1n) is 22.6. The highest BCUT2D eigenvalue weighted by atomic mass is 16.3. The second kappa shape index (κ2) is 16.4. The van der Waals surface area contributed by atoms with Crippen LogP contribution in [0.4, 0.5) is 17.1 Å². The number of hydrogen-bond acceptors (Lipinski definition) is 2. The molecule has 2 heteroatoms. The molecule has 0 aliphatic heterocycles. The largest absolute Gasteiger partial charge is 0.460 e. The standard InChI is InChI=1S/C53H43NO.C8H12/c1-34-12-5-6-13-42(34)48-32-38(21-20-35(48)2)36-22-26-39(27-23-36)54(41-30-31-45-44-14-7-9-18-49(44)53(3,4)50(45)33-41)40-28-24-37(25-29-40)43-16-11-17-47-46-15-8-10-19-51(46)55-52(43)47;1-7-4-3-5-8(2)6-7/h5-15,17-33,43H,16H2,1-4H3;3-4,6,8H,5H2,1-2H3. The first kappa shape index (κ1) is 40.2. The lowest BCUT2D eigenvalue weighted by Crippen LogP contribution is -2.16. The van der Waals surface area contributed by atoms with Gasteiger partial charge >= 0.3 is 0 Å². The number of anilines is 3. The zero-order valence-electron chi connectivity index (χ0n) is 37.3. The Morgan fingerprint density at radius 2 is 1.17 bits per heavy atom. The SMILES string of the molecule is CC1=CC(C)CC=C1.Cc1ccccc1-c1cc(-c2ccc(N(c3ccc(C4CC=Cc5c4oc4ccccc54)cc3)c3ccc4c(c3)C(C)(C)c3ccccc3-4)cc2)ccc1C. The van der Waals surface area contributed by atoms with Crippen molar-refractivity contribution in [1.29, 1.82) is 0 Å². The lowest BCUT2D eigenvalue weighted by atomic mass is 9.82. The van der Waals surface area contributed by atoms with Crippen LogP contribution in [0.5, 0.6) is 0 Å². The molecule has 7 aromatic carbocycles. The molecule has 3 aliphatic rings. The highest BCUT2D eigenvalue weighted by molar-refractivity contribution is 5.90. The van der Waals surface area contributed by atoms with E-state index in [1.165, 1.54) is 84.1 Å². The first-order chi connectivity index (χ1) is 30.6. The summed E-state index contributed by atoms with van der Waals surface area (Å²) in [6.07, 6.45) is 13.4. The van der Waals surface area contributed by atoms with E-state index < -0.39 is 0 Å². The van der Waals surface area contributed by atoms with Crippen molar-refractivity contribution in [3.8, 4) is 33.4 Å². The van der Waals surface area contributed by atoms with Crippen molar-refractivity contribution in [3.63, 3.8) is 0 Å². The van der Waals surface area contributed by atoms with E-state index in [0.717, 1.165) is 40.7 Å². The molecule has 0 bridgehead atoms. The third-order valence-electron chi connectivity index (χ3n) is 13.6. The topological polar surface area (TPSA) is 16.4 Å². The number of para-hydroxylation sites is 1. The van der Waals surface area contributed by atoms with Crippen LogP contribution in [0.3, 0.4) is 0 Å². The van der Waals surface area contributed by atoms with Crippen LogP contribution in [0.15, 0.2) is 192 Å². The summed E-state index contributed by atoms with van der Waals surface area (Å²) in [5.74, 6) is 2.00. The summed E-state index contributed by atoms with van der Waals surface area (Å²) in [4.78, 5) is 2.41. The molecule has 2 atom stereocenters. The van der Waals surface area contributed by atoms with E-state index >= 15 is 0 Å². The minimum Gasteiger partial charge on any atom is -0.460 e. The van der Waals surface area contributed by atoms with Gasteiger partial charge < -0.3 is 9.32 Å². The van der Waals surface area contributed by atoms with Gasteiger partial charge in [0.2, 0.25) is 0 Å². The van der Waals surface area contributed by atoms with E-state index in [-0.39, 0.29) is 11.3 Å². The summed E-state index contributed by atoms with van der Waals surface area (Å²) in [7, 11) is 0. The maximum absolute atomic E-state index is 6.49. The molecule has 1 aromatic heterocycles. The third-order valence-corrected chi connectivity index (χ3v) is 13.6.